The maximum Gasteiger partial charge on any atom is 0.119 e. The molecular weight excluding hydrogens is 190 g/mol. The van der Waals surface area contributed by atoms with Gasteiger partial charge in [0.05, 0.1) is 7.11 Å². The van der Waals surface area contributed by atoms with Gasteiger partial charge in [-0.2, -0.15) is 0 Å². The summed E-state index contributed by atoms with van der Waals surface area (Å²) in [4.78, 5) is 0. The number of nitrogens with two attached hydrogens (primary N) is 1. The summed E-state index contributed by atoms with van der Waals surface area (Å²) < 4.78 is 5.11. The molecule has 0 amide bonds. The second-order valence-electron chi connectivity index (χ2n) is 3.89. The Kier molecular flexibility index (Phi) is 3.72. The molecule has 2 atom stereocenters. The Morgan fingerprint density at radius 1 is 1.53 bits per heavy atom. The standard InChI is InChI=1S/C12H19NO2/c1-4-11(13)12(2,14)9-6-5-7-10(8-9)15-3/h5-8,11,14H,4,13H2,1-3H3. The van der Waals surface area contributed by atoms with Crippen LogP contribution in [0.3, 0.4) is 0 Å². The van der Waals surface area contributed by atoms with Crippen LogP contribution in [0.25, 0.3) is 0 Å². The molecule has 0 aromatic heterocycles. The predicted molar refractivity (Wildman–Crippen MR) is 60.8 cm³/mol. The molecule has 0 spiro atoms. The molecule has 0 aliphatic heterocycles. The summed E-state index contributed by atoms with van der Waals surface area (Å²) in [6.07, 6.45) is 0.726. The number of rotatable bonds is 4. The van der Waals surface area contributed by atoms with E-state index < -0.39 is 5.60 Å². The van der Waals surface area contributed by atoms with Crippen molar-refractivity contribution >= 4 is 0 Å². The van der Waals surface area contributed by atoms with Crippen molar-refractivity contribution in [3.8, 4) is 5.75 Å². The second kappa shape index (κ2) is 4.64. The number of ether oxygens (including phenoxy) is 1. The Hall–Kier alpha value is -1.06. The van der Waals surface area contributed by atoms with Crippen LogP contribution in [0.2, 0.25) is 0 Å². The molecule has 3 N–H and O–H groups in total. The van der Waals surface area contributed by atoms with Crippen LogP contribution in [0, 0.1) is 0 Å². The molecule has 0 radical (unpaired) electrons. The van der Waals surface area contributed by atoms with E-state index in [0.717, 1.165) is 17.7 Å². The molecular formula is C12H19NO2. The molecule has 3 heteroatoms. The summed E-state index contributed by atoms with van der Waals surface area (Å²) >= 11 is 0. The maximum atomic E-state index is 10.3. The summed E-state index contributed by atoms with van der Waals surface area (Å²) in [5, 5.41) is 10.3. The molecule has 84 valence electrons. The first-order chi connectivity index (χ1) is 7.02. The molecule has 3 nitrogen and oxygen atoms in total. The van der Waals surface area contributed by atoms with E-state index in [-0.39, 0.29) is 6.04 Å². The van der Waals surface area contributed by atoms with E-state index in [2.05, 4.69) is 0 Å². The number of hydrogen-bond acceptors (Lipinski definition) is 3. The fourth-order valence-electron chi connectivity index (χ4n) is 1.55. The third kappa shape index (κ3) is 2.49. The van der Waals surface area contributed by atoms with Crippen LogP contribution < -0.4 is 10.5 Å². The Morgan fingerprint density at radius 2 is 2.20 bits per heavy atom. The SMILES string of the molecule is CCC(N)C(C)(O)c1cccc(OC)c1. The van der Waals surface area contributed by atoms with Gasteiger partial charge < -0.3 is 15.6 Å². The Balaban J connectivity index is 3.03. The largest absolute Gasteiger partial charge is 0.497 e. The lowest BCUT2D eigenvalue weighted by molar-refractivity contribution is 0.0275. The highest BCUT2D eigenvalue weighted by Gasteiger charge is 2.29. The van der Waals surface area contributed by atoms with Crippen molar-refractivity contribution in [3.05, 3.63) is 29.8 Å². The molecule has 1 aromatic rings. The van der Waals surface area contributed by atoms with Gasteiger partial charge in [0.15, 0.2) is 0 Å². The van der Waals surface area contributed by atoms with Gasteiger partial charge in [0.1, 0.15) is 11.4 Å². The quantitative estimate of drug-likeness (QED) is 0.792. The molecule has 0 heterocycles. The topological polar surface area (TPSA) is 55.5 Å². The average Bonchev–Trinajstić information content (AvgIpc) is 2.27. The highest BCUT2D eigenvalue weighted by atomic mass is 16.5. The highest BCUT2D eigenvalue weighted by molar-refractivity contribution is 5.32. The third-order valence-corrected chi connectivity index (χ3v) is 2.82. The van der Waals surface area contributed by atoms with Gasteiger partial charge in [0, 0.05) is 6.04 Å². The van der Waals surface area contributed by atoms with Crippen molar-refractivity contribution in [1.29, 1.82) is 0 Å². The zero-order valence-electron chi connectivity index (χ0n) is 9.53. The maximum absolute atomic E-state index is 10.3. The van der Waals surface area contributed by atoms with Crippen molar-refractivity contribution in [2.75, 3.05) is 7.11 Å². The van der Waals surface area contributed by atoms with Crippen LogP contribution in [0.1, 0.15) is 25.8 Å². The first kappa shape index (κ1) is 12.0. The number of aliphatic hydroxyl groups is 1. The van der Waals surface area contributed by atoms with Gasteiger partial charge in [-0.3, -0.25) is 0 Å². The molecule has 0 aliphatic carbocycles. The van der Waals surface area contributed by atoms with Crippen LogP contribution in [0.15, 0.2) is 24.3 Å². The molecule has 0 fully saturated rings. The molecule has 1 rings (SSSR count). The number of methoxy groups -OCH3 is 1. The van der Waals surface area contributed by atoms with E-state index in [0.29, 0.717) is 0 Å². The van der Waals surface area contributed by atoms with Gasteiger partial charge in [-0.1, -0.05) is 19.1 Å². The molecule has 0 saturated carbocycles. The molecule has 0 aliphatic rings. The van der Waals surface area contributed by atoms with E-state index in [1.54, 1.807) is 14.0 Å². The van der Waals surface area contributed by atoms with Gasteiger partial charge in [-0.25, -0.2) is 0 Å². The summed E-state index contributed by atoms with van der Waals surface area (Å²) in [5.74, 6) is 0.732. The van der Waals surface area contributed by atoms with Gasteiger partial charge in [0.25, 0.3) is 0 Å². The second-order valence-corrected chi connectivity index (χ2v) is 3.89. The van der Waals surface area contributed by atoms with Crippen molar-refractivity contribution in [2.45, 2.75) is 31.9 Å². The fourth-order valence-corrected chi connectivity index (χ4v) is 1.55. The van der Waals surface area contributed by atoms with Gasteiger partial charge in [-0.15, -0.1) is 0 Å². The van der Waals surface area contributed by atoms with E-state index in [1.165, 1.54) is 0 Å². The molecule has 0 bridgehead atoms. The van der Waals surface area contributed by atoms with Crippen LogP contribution >= 0.6 is 0 Å². The van der Waals surface area contributed by atoms with Crippen molar-refractivity contribution in [2.24, 2.45) is 5.73 Å². The van der Waals surface area contributed by atoms with Crippen LogP contribution in [0.5, 0.6) is 5.75 Å². The average molecular weight is 209 g/mol. The van der Waals surface area contributed by atoms with Crippen molar-refractivity contribution < 1.29 is 9.84 Å². The molecule has 0 saturated heterocycles. The van der Waals surface area contributed by atoms with Gasteiger partial charge >= 0.3 is 0 Å². The number of benzene rings is 1. The van der Waals surface area contributed by atoms with Crippen LogP contribution in [-0.2, 0) is 5.60 Å². The lowest BCUT2D eigenvalue weighted by Gasteiger charge is -2.30. The Bertz CT molecular complexity index is 323. The minimum Gasteiger partial charge on any atom is -0.497 e. The summed E-state index contributed by atoms with van der Waals surface area (Å²) in [5.41, 5.74) is 5.66. The lowest BCUT2D eigenvalue weighted by Crippen LogP contribution is -2.42. The highest BCUT2D eigenvalue weighted by Crippen LogP contribution is 2.27. The first-order valence-corrected chi connectivity index (χ1v) is 5.14. The summed E-state index contributed by atoms with van der Waals surface area (Å²) in [6.45, 7) is 3.69. The third-order valence-electron chi connectivity index (χ3n) is 2.82. The van der Waals surface area contributed by atoms with E-state index in [4.69, 9.17) is 10.5 Å². The zero-order chi connectivity index (χ0) is 11.5. The lowest BCUT2D eigenvalue weighted by atomic mass is 9.87. The van der Waals surface area contributed by atoms with Crippen molar-refractivity contribution in [3.63, 3.8) is 0 Å². The summed E-state index contributed by atoms with van der Waals surface area (Å²) in [6, 6.07) is 7.10. The molecule has 15 heavy (non-hydrogen) atoms. The minimum absolute atomic E-state index is 0.274. The van der Waals surface area contributed by atoms with Crippen molar-refractivity contribution in [1.82, 2.24) is 0 Å². The normalized spacial score (nSPS) is 16.9. The van der Waals surface area contributed by atoms with Crippen LogP contribution in [0.4, 0.5) is 0 Å². The first-order valence-electron chi connectivity index (χ1n) is 5.14. The van der Waals surface area contributed by atoms with E-state index in [1.807, 2.05) is 31.2 Å². The van der Waals surface area contributed by atoms with E-state index in [9.17, 15) is 5.11 Å². The summed E-state index contributed by atoms with van der Waals surface area (Å²) in [7, 11) is 1.60. The van der Waals surface area contributed by atoms with Gasteiger partial charge in [0.2, 0.25) is 0 Å². The minimum atomic E-state index is -1.01. The Morgan fingerprint density at radius 3 is 2.73 bits per heavy atom. The van der Waals surface area contributed by atoms with Crippen LogP contribution in [-0.4, -0.2) is 18.3 Å². The Labute approximate surface area is 90.9 Å². The molecule has 2 unspecified atom stereocenters. The monoisotopic (exact) mass is 209 g/mol. The van der Waals surface area contributed by atoms with E-state index >= 15 is 0 Å². The van der Waals surface area contributed by atoms with Gasteiger partial charge in [-0.05, 0) is 31.0 Å². The smallest absolute Gasteiger partial charge is 0.119 e. The predicted octanol–water partition coefficient (Wildman–Crippen LogP) is 1.64. The molecule has 1 aromatic carbocycles. The fraction of sp³-hybridized carbons (Fsp3) is 0.500. The zero-order valence-corrected chi connectivity index (χ0v) is 9.53. The number of hydrogen-bond donors (Lipinski definition) is 2.